The van der Waals surface area contributed by atoms with Crippen LogP contribution < -0.4 is 15.1 Å². The zero-order valence-electron chi connectivity index (χ0n) is 16.3. The van der Waals surface area contributed by atoms with Crippen LogP contribution in [-0.2, 0) is 19.1 Å². The molecule has 0 aromatic heterocycles. The van der Waals surface area contributed by atoms with Crippen LogP contribution in [0.15, 0.2) is 12.1 Å². The number of ether oxygens (including phenoxy) is 2. The number of hydrogen-bond acceptors (Lipinski definition) is 6. The fourth-order valence-corrected chi connectivity index (χ4v) is 4.33. The van der Waals surface area contributed by atoms with Crippen LogP contribution in [0, 0.1) is 29.4 Å². The summed E-state index contributed by atoms with van der Waals surface area (Å²) in [5.41, 5.74) is -0.337. The van der Waals surface area contributed by atoms with E-state index < -0.39 is 36.2 Å². The molecule has 0 bridgehead atoms. The molecule has 4 atom stereocenters. The van der Waals surface area contributed by atoms with Gasteiger partial charge in [-0.05, 0) is 11.8 Å². The predicted octanol–water partition coefficient (Wildman–Crippen LogP) is 1.53. The summed E-state index contributed by atoms with van der Waals surface area (Å²) in [6.07, 6.45) is -5.06. The van der Waals surface area contributed by atoms with E-state index in [2.05, 4.69) is 0 Å². The number of carbonyl (C=O) groups is 3. The SMILES string of the molecule is COC(=O)C1[C@H]2CN(c3c(F)cc(N4C[C@H](CNC(=O)C(F)F)OC4=O)cc3F)C[C@@H]12. The molecule has 1 saturated carbocycles. The summed E-state index contributed by atoms with van der Waals surface area (Å²) in [7, 11) is 1.30. The van der Waals surface area contributed by atoms with Crippen molar-refractivity contribution in [2.45, 2.75) is 12.5 Å². The number of alkyl halides is 2. The maximum Gasteiger partial charge on any atom is 0.414 e. The first-order chi connectivity index (χ1) is 14.7. The van der Waals surface area contributed by atoms with Crippen molar-refractivity contribution < 1.29 is 41.4 Å². The van der Waals surface area contributed by atoms with Gasteiger partial charge < -0.3 is 19.7 Å². The maximum absolute atomic E-state index is 14.8. The molecule has 1 unspecified atom stereocenters. The molecule has 2 amide bonds. The number of piperidine rings is 1. The van der Waals surface area contributed by atoms with Gasteiger partial charge in [-0.3, -0.25) is 14.5 Å². The third-order valence-electron chi connectivity index (χ3n) is 5.87. The van der Waals surface area contributed by atoms with Crippen molar-refractivity contribution in [1.82, 2.24) is 5.32 Å². The Morgan fingerprint density at radius 3 is 2.35 bits per heavy atom. The number of benzene rings is 1. The Morgan fingerprint density at radius 2 is 1.81 bits per heavy atom. The number of halogens is 4. The van der Waals surface area contributed by atoms with Gasteiger partial charge in [-0.15, -0.1) is 0 Å². The van der Waals surface area contributed by atoms with Gasteiger partial charge in [0.25, 0.3) is 5.91 Å². The quantitative estimate of drug-likeness (QED) is 0.528. The Kier molecular flexibility index (Phi) is 5.40. The molecule has 1 aromatic carbocycles. The normalized spacial score (nSPS) is 26.7. The molecule has 2 saturated heterocycles. The largest absolute Gasteiger partial charge is 0.469 e. The van der Waals surface area contributed by atoms with Gasteiger partial charge in [0.2, 0.25) is 0 Å². The lowest BCUT2D eigenvalue weighted by Gasteiger charge is -2.24. The van der Waals surface area contributed by atoms with Gasteiger partial charge in [0.05, 0.1) is 31.8 Å². The second-order valence-electron chi connectivity index (χ2n) is 7.70. The maximum atomic E-state index is 14.8. The Labute approximate surface area is 174 Å². The molecular formula is C19H19F4N3O5. The number of methoxy groups -OCH3 is 1. The number of hydrogen-bond donors (Lipinski definition) is 1. The molecule has 0 radical (unpaired) electrons. The van der Waals surface area contributed by atoms with Gasteiger partial charge >= 0.3 is 18.5 Å². The lowest BCUT2D eigenvalue weighted by molar-refractivity contribution is -0.142. The van der Waals surface area contributed by atoms with Crippen LogP contribution in [-0.4, -0.2) is 63.8 Å². The average molecular weight is 445 g/mol. The molecule has 1 N–H and O–H groups in total. The van der Waals surface area contributed by atoms with Gasteiger partial charge in [0.1, 0.15) is 11.8 Å². The molecule has 1 aliphatic carbocycles. The minimum absolute atomic E-state index is 0.0105. The van der Waals surface area contributed by atoms with Gasteiger partial charge in [-0.2, -0.15) is 8.78 Å². The number of nitrogens with one attached hydrogen (secondary N) is 1. The van der Waals surface area contributed by atoms with Crippen molar-refractivity contribution in [2.75, 3.05) is 43.1 Å². The van der Waals surface area contributed by atoms with E-state index in [4.69, 9.17) is 9.47 Å². The van der Waals surface area contributed by atoms with Crippen molar-refractivity contribution >= 4 is 29.3 Å². The molecule has 2 heterocycles. The van der Waals surface area contributed by atoms with Crippen LogP contribution in [0.5, 0.6) is 0 Å². The first-order valence-electron chi connectivity index (χ1n) is 9.57. The summed E-state index contributed by atoms with van der Waals surface area (Å²) < 4.78 is 63.7. The van der Waals surface area contributed by atoms with E-state index in [0.29, 0.717) is 13.1 Å². The van der Waals surface area contributed by atoms with Crippen molar-refractivity contribution in [3.05, 3.63) is 23.8 Å². The Balaban J connectivity index is 1.42. The highest BCUT2D eigenvalue weighted by Gasteiger charge is 2.60. The number of nitrogens with zero attached hydrogens (tertiary/aromatic N) is 2. The number of carbonyl (C=O) groups excluding carboxylic acids is 3. The van der Waals surface area contributed by atoms with E-state index in [1.165, 1.54) is 12.0 Å². The van der Waals surface area contributed by atoms with Crippen LogP contribution in [0.1, 0.15) is 0 Å². The number of cyclic esters (lactones) is 1. The predicted molar refractivity (Wildman–Crippen MR) is 97.7 cm³/mol. The summed E-state index contributed by atoms with van der Waals surface area (Å²) in [6, 6.07) is 1.98. The fourth-order valence-electron chi connectivity index (χ4n) is 4.33. The van der Waals surface area contributed by atoms with Crippen LogP contribution in [0.2, 0.25) is 0 Å². The highest BCUT2D eigenvalue weighted by atomic mass is 19.3. The molecule has 3 aliphatic rings. The zero-order valence-corrected chi connectivity index (χ0v) is 16.3. The molecule has 4 rings (SSSR count). The van der Waals surface area contributed by atoms with Crippen LogP contribution in [0.25, 0.3) is 0 Å². The molecule has 12 heteroatoms. The highest BCUT2D eigenvalue weighted by Crippen LogP contribution is 2.53. The lowest BCUT2D eigenvalue weighted by Crippen LogP contribution is -2.37. The van der Waals surface area contributed by atoms with Gasteiger partial charge in [0.15, 0.2) is 11.6 Å². The second-order valence-corrected chi connectivity index (χ2v) is 7.70. The van der Waals surface area contributed by atoms with E-state index in [1.54, 1.807) is 0 Å². The minimum atomic E-state index is -3.21. The Bertz CT molecular complexity index is 895. The second kappa shape index (κ2) is 7.89. The monoisotopic (exact) mass is 445 g/mol. The molecule has 0 spiro atoms. The number of rotatable bonds is 6. The van der Waals surface area contributed by atoms with Crippen LogP contribution in [0.4, 0.5) is 33.7 Å². The van der Waals surface area contributed by atoms with Crippen molar-refractivity contribution in [3.63, 3.8) is 0 Å². The number of anilines is 2. The summed E-state index contributed by atoms with van der Waals surface area (Å²) in [6.45, 7) is 0.103. The number of esters is 1. The number of amides is 2. The van der Waals surface area contributed by atoms with Gasteiger partial charge in [-0.1, -0.05) is 0 Å². The van der Waals surface area contributed by atoms with Crippen LogP contribution >= 0.6 is 0 Å². The molecule has 168 valence electrons. The van der Waals surface area contributed by atoms with E-state index in [-0.39, 0.29) is 48.2 Å². The summed E-state index contributed by atoms with van der Waals surface area (Å²) in [5, 5.41) is 1.93. The first kappa shape index (κ1) is 21.2. The third-order valence-corrected chi connectivity index (χ3v) is 5.87. The Hall–Kier alpha value is -3.05. The Morgan fingerprint density at radius 1 is 1.19 bits per heavy atom. The summed E-state index contributed by atoms with van der Waals surface area (Å²) >= 11 is 0. The van der Waals surface area contributed by atoms with Crippen molar-refractivity contribution in [2.24, 2.45) is 17.8 Å². The topological polar surface area (TPSA) is 88.2 Å². The zero-order chi connectivity index (χ0) is 22.4. The highest BCUT2D eigenvalue weighted by molar-refractivity contribution is 5.90. The first-order valence-corrected chi connectivity index (χ1v) is 9.57. The molecule has 1 aromatic rings. The number of fused-ring (bicyclic) bond motifs is 1. The third kappa shape index (κ3) is 3.86. The van der Waals surface area contributed by atoms with E-state index >= 15 is 0 Å². The molecule has 3 fully saturated rings. The average Bonchev–Trinajstić information content (AvgIpc) is 3.03. The molecule has 2 aliphatic heterocycles. The minimum Gasteiger partial charge on any atom is -0.469 e. The van der Waals surface area contributed by atoms with E-state index in [9.17, 15) is 31.9 Å². The standard InChI is InChI=1S/C19H19F4N3O5/c1-30-18(28)14-10-6-25(7-11(10)14)15-12(20)2-8(3-13(15)21)26-5-9(31-19(26)29)4-24-17(27)16(22)23/h2-3,9-11,14,16H,4-7H2,1H3,(H,24,27)/t9-,10-,11+,14?/m0/s1. The van der Waals surface area contributed by atoms with Crippen molar-refractivity contribution in [3.8, 4) is 0 Å². The van der Waals surface area contributed by atoms with Crippen molar-refractivity contribution in [1.29, 1.82) is 0 Å². The molecular weight excluding hydrogens is 426 g/mol. The fraction of sp³-hybridized carbons (Fsp3) is 0.526. The van der Waals surface area contributed by atoms with Gasteiger partial charge in [-0.25, -0.2) is 13.6 Å². The molecule has 31 heavy (non-hydrogen) atoms. The van der Waals surface area contributed by atoms with Gasteiger partial charge in [0, 0.05) is 25.2 Å². The van der Waals surface area contributed by atoms with E-state index in [1.807, 2.05) is 5.32 Å². The molecule has 8 nitrogen and oxygen atoms in total. The smallest absolute Gasteiger partial charge is 0.414 e. The van der Waals surface area contributed by atoms with E-state index in [0.717, 1.165) is 17.0 Å². The lowest BCUT2D eigenvalue weighted by atomic mass is 10.2. The van der Waals surface area contributed by atoms with Crippen LogP contribution in [0.3, 0.4) is 0 Å². The summed E-state index contributed by atoms with van der Waals surface area (Å²) in [4.78, 5) is 37.1. The summed E-state index contributed by atoms with van der Waals surface area (Å²) in [5.74, 6) is -3.85.